The summed E-state index contributed by atoms with van der Waals surface area (Å²) in [6.07, 6.45) is 12.8. The summed E-state index contributed by atoms with van der Waals surface area (Å²) in [5.74, 6) is 4.97. The van der Waals surface area contributed by atoms with E-state index in [-0.39, 0.29) is 28.5 Å². The van der Waals surface area contributed by atoms with Crippen molar-refractivity contribution < 1.29 is 18.9 Å². The number of hydrogen-bond donors (Lipinski definition) is 0. The van der Waals surface area contributed by atoms with Crippen LogP contribution in [0.25, 0.3) is 0 Å². The zero-order chi connectivity index (χ0) is 86.3. The van der Waals surface area contributed by atoms with Crippen molar-refractivity contribution in [2.24, 2.45) is 76.3 Å². The molecular weight excluding hydrogens is 1290 g/mol. The summed E-state index contributed by atoms with van der Waals surface area (Å²) in [4.78, 5) is 0. The van der Waals surface area contributed by atoms with Crippen LogP contribution in [0.3, 0.4) is 0 Å². The second-order valence-corrected chi connectivity index (χ2v) is 45.1. The van der Waals surface area contributed by atoms with E-state index in [1.165, 1.54) is 44.9 Å². The third-order valence-electron chi connectivity index (χ3n) is 15.5. The third kappa shape index (κ3) is 190. The Hall–Kier alpha value is 0.733. The van der Waals surface area contributed by atoms with Crippen molar-refractivity contribution in [2.75, 3.05) is 48.1 Å². The molecule has 0 aliphatic heterocycles. The molecule has 4 nitrogen and oxygen atoms in total. The molecule has 0 aromatic carbocycles. The predicted octanol–water partition coefficient (Wildman–Crippen LogP) is 35.7. The van der Waals surface area contributed by atoms with Gasteiger partial charge in [-0.15, -0.1) is 0 Å². The van der Waals surface area contributed by atoms with Crippen molar-refractivity contribution in [2.45, 2.75) is 491 Å². The van der Waals surface area contributed by atoms with Gasteiger partial charge in [-0.25, -0.2) is 0 Å². The molecule has 0 radical (unpaired) electrons. The van der Waals surface area contributed by atoms with Gasteiger partial charge in [-0.3, -0.25) is 0 Å². The van der Waals surface area contributed by atoms with E-state index in [9.17, 15) is 0 Å². The molecule has 634 valence electrons. The average molecular weight is 1520 g/mol. The molecule has 0 saturated heterocycles. The van der Waals surface area contributed by atoms with Gasteiger partial charge >= 0.3 is 26.9 Å². The average Bonchev–Trinajstić information content (AvgIpc) is 3.31. The van der Waals surface area contributed by atoms with Crippen molar-refractivity contribution >= 4 is 27.2 Å². The van der Waals surface area contributed by atoms with Crippen LogP contribution >= 0.6 is 11.8 Å². The Balaban J connectivity index is -0.0000000377. The fraction of sp³-hybridized carbons (Fsp3) is 1.00. The van der Waals surface area contributed by atoms with E-state index in [0.717, 1.165) is 5.92 Å². The number of hydrogen-bond acceptors (Lipinski definition) is 5. The maximum absolute atomic E-state index is 4.94. The SMILES string of the molecule is C.CC(C)(C)C.CC(C)(C)C.CC(C)(C)C(C)(C)C.CC(C)(C)C(C)(C)C.CC(C)(C)C(C)(C)C.CC(C)(C)C(C)(C)C(C)(C)C.CC(C)C(C)(C)C(C)(C)C.CCC.CCC.CCC.CCC.CCC.CCC.CCC.COC.COC(C)(C)C.COC(C)(C)OC.CSC.[CH3][GeH2][CH3]. The van der Waals surface area contributed by atoms with Gasteiger partial charge in [0.25, 0.3) is 0 Å². The fourth-order valence-corrected chi connectivity index (χ4v) is 2.07. The van der Waals surface area contributed by atoms with E-state index >= 15 is 0 Å². The van der Waals surface area contributed by atoms with E-state index < -0.39 is 5.79 Å². The van der Waals surface area contributed by atoms with Crippen molar-refractivity contribution in [3.8, 4) is 0 Å². The molecule has 0 rings (SSSR count). The van der Waals surface area contributed by atoms with Crippen LogP contribution in [0.4, 0.5) is 0 Å². The van der Waals surface area contributed by atoms with Crippen LogP contribution in [0.15, 0.2) is 0 Å². The molecule has 0 atom stereocenters. The summed E-state index contributed by atoms with van der Waals surface area (Å²) in [5, 5.41) is 0. The molecule has 0 spiro atoms. The van der Waals surface area contributed by atoms with Gasteiger partial charge < -0.3 is 18.9 Å². The van der Waals surface area contributed by atoms with Crippen LogP contribution < -0.4 is 0 Å². The number of thioether (sulfide) groups is 1. The summed E-state index contributed by atoms with van der Waals surface area (Å²) < 4.78 is 18.9. The molecular formula is C93H228GeO4S. The van der Waals surface area contributed by atoms with Crippen LogP contribution in [-0.4, -0.2) is 74.9 Å². The molecule has 0 N–H and O–H groups in total. The topological polar surface area (TPSA) is 36.9 Å². The normalized spacial score (nSPS) is 11.2. The van der Waals surface area contributed by atoms with Gasteiger partial charge in [-0.2, -0.15) is 11.8 Å². The van der Waals surface area contributed by atoms with Gasteiger partial charge in [0.15, 0.2) is 5.79 Å². The van der Waals surface area contributed by atoms with Crippen molar-refractivity contribution in [1.29, 1.82) is 0 Å². The summed E-state index contributed by atoms with van der Waals surface area (Å²) in [7, 11) is 8.19. The number of ether oxygens (including phenoxy) is 4. The Labute approximate surface area is 657 Å². The van der Waals surface area contributed by atoms with Crippen molar-refractivity contribution in [3.63, 3.8) is 0 Å². The van der Waals surface area contributed by atoms with Crippen LogP contribution in [0.1, 0.15) is 468 Å². The molecule has 0 aliphatic rings. The van der Waals surface area contributed by atoms with Gasteiger partial charge in [0.2, 0.25) is 0 Å². The monoisotopic (exact) mass is 1520 g/mol. The van der Waals surface area contributed by atoms with Crippen LogP contribution in [0, 0.1) is 76.3 Å². The van der Waals surface area contributed by atoms with Gasteiger partial charge in [0.1, 0.15) is 0 Å². The van der Waals surface area contributed by atoms with Gasteiger partial charge in [0.05, 0.1) is 5.60 Å². The van der Waals surface area contributed by atoms with Gasteiger partial charge in [-0.1, -0.05) is 433 Å². The van der Waals surface area contributed by atoms with E-state index in [2.05, 4.69) is 397 Å². The van der Waals surface area contributed by atoms with Gasteiger partial charge in [0, 0.05) is 35.5 Å². The molecule has 0 aliphatic carbocycles. The predicted molar refractivity (Wildman–Crippen MR) is 494 cm³/mol. The Morgan fingerprint density at radius 1 is 0.263 bits per heavy atom. The first-order valence-electron chi connectivity index (χ1n) is 39.7. The molecule has 0 aromatic rings. The quantitative estimate of drug-likeness (QED) is 0.208. The van der Waals surface area contributed by atoms with E-state index in [0.29, 0.717) is 70.4 Å². The van der Waals surface area contributed by atoms with E-state index in [1.807, 2.05) is 47.1 Å². The summed E-state index contributed by atoms with van der Waals surface area (Å²) in [6, 6.07) is 0. The molecule has 0 fully saturated rings. The van der Waals surface area contributed by atoms with Crippen LogP contribution in [0.2, 0.25) is 11.5 Å². The minimum atomic E-state index is -0.417. The summed E-state index contributed by atoms with van der Waals surface area (Å²) in [5.41, 5.74) is 5.66. The van der Waals surface area contributed by atoms with Gasteiger partial charge in [-0.05, 0) is 123 Å². The minimum absolute atomic E-state index is 0. The fourth-order valence-electron chi connectivity index (χ4n) is 2.07. The second kappa shape index (κ2) is 82.8. The molecule has 0 unspecified atom stereocenters. The van der Waals surface area contributed by atoms with Crippen molar-refractivity contribution in [1.82, 2.24) is 0 Å². The van der Waals surface area contributed by atoms with E-state index in [1.54, 1.807) is 47.3 Å². The zero-order valence-corrected chi connectivity index (χ0v) is 88.6. The Morgan fingerprint density at radius 3 is 0.354 bits per heavy atom. The first-order chi connectivity index (χ1) is 42.3. The third-order valence-corrected chi connectivity index (χ3v) is 15.5. The molecule has 0 saturated carbocycles. The molecule has 0 amide bonds. The van der Waals surface area contributed by atoms with E-state index in [4.69, 9.17) is 14.2 Å². The van der Waals surface area contributed by atoms with Crippen LogP contribution in [-0.2, 0) is 18.9 Å². The molecule has 99 heavy (non-hydrogen) atoms. The van der Waals surface area contributed by atoms with Crippen molar-refractivity contribution in [3.05, 3.63) is 0 Å². The Kier molecular flexibility index (Phi) is 128. The molecule has 0 bridgehead atoms. The Bertz CT molecular complexity index is 1170. The molecule has 6 heteroatoms. The first-order valence-corrected chi connectivity index (χ1v) is 47.3. The summed E-state index contributed by atoms with van der Waals surface area (Å²) in [6.45, 7) is 133. The number of rotatable bonds is 3. The maximum atomic E-state index is 4.94. The second-order valence-electron chi connectivity index (χ2n) is 41.3. The zero-order valence-electron chi connectivity index (χ0n) is 84.8. The Morgan fingerprint density at radius 2 is 0.354 bits per heavy atom. The first kappa shape index (κ1) is 153. The summed E-state index contributed by atoms with van der Waals surface area (Å²) >= 11 is 1.88. The molecule has 0 heterocycles. The van der Waals surface area contributed by atoms with Crippen LogP contribution in [0.5, 0.6) is 0 Å². The molecule has 0 aromatic heterocycles. The number of methoxy groups -OCH3 is 4. The standard InChI is InChI=1S/C11H24.C10H22.3C8H18.C5H12O2.C5H12O.2C5H12.7C3H8.C2H8Ge.C2H6O.C2H6S.CH4/c1-9(2,3)11(7,8)10(4,5)6;1-8(2)10(6,7)9(3,4)5;3*1-7(2,3)8(4,5)6;1-5(2,6-3)7-4;1-5(2,3)6-4;2*1-5(2,3)4;10*1-3-2;/h1-8H3;8H,1-7H3;3*1-6H3;1-4H3;1-4H3;2*1-4H3;8*3H2,1-2H3;2*1-2H3;1H4.